The number of hydrogen-bond donors (Lipinski definition) is 3. The Balaban J connectivity index is 0.00000338. The predicted octanol–water partition coefficient (Wildman–Crippen LogP) is 2.66. The summed E-state index contributed by atoms with van der Waals surface area (Å²) in [4.78, 5) is 12.3. The molecule has 6 nitrogen and oxygen atoms in total. The van der Waals surface area contributed by atoms with Gasteiger partial charge in [-0.15, -0.1) is 12.4 Å². The highest BCUT2D eigenvalue weighted by atomic mass is 35.5. The fourth-order valence-corrected chi connectivity index (χ4v) is 3.60. The van der Waals surface area contributed by atoms with E-state index >= 15 is 0 Å². The summed E-state index contributed by atoms with van der Waals surface area (Å²) in [5.74, 6) is -1.10. The summed E-state index contributed by atoms with van der Waals surface area (Å²) < 4.78 is 38.4. The molecule has 1 aromatic rings. The van der Waals surface area contributed by atoms with Crippen LogP contribution in [0.25, 0.3) is 0 Å². The van der Waals surface area contributed by atoms with E-state index in [9.17, 15) is 17.6 Å². The molecule has 0 aliphatic heterocycles. The Morgan fingerprint density at radius 3 is 2.42 bits per heavy atom. The zero-order valence-corrected chi connectivity index (χ0v) is 16.5. The molecule has 1 aliphatic rings. The predicted molar refractivity (Wildman–Crippen MR) is 104 cm³/mol. The fraction of sp³-hybridized carbons (Fsp3) is 0.588. The number of halogens is 2. The Morgan fingerprint density at radius 2 is 1.81 bits per heavy atom. The summed E-state index contributed by atoms with van der Waals surface area (Å²) >= 11 is 0. The highest BCUT2D eigenvalue weighted by Crippen LogP contribution is 2.18. The Hall–Kier alpha value is -1.38. The van der Waals surface area contributed by atoms with Gasteiger partial charge in [0.25, 0.3) is 5.91 Å². The maximum atomic E-state index is 13.4. The molecule has 2 rings (SSSR count). The minimum absolute atomic E-state index is 0. The third kappa shape index (κ3) is 7.88. The number of sulfonamides is 1. The minimum atomic E-state index is -3.55. The maximum absolute atomic E-state index is 13.4. The monoisotopic (exact) mass is 407 g/mol. The number of carbonyl (C=O) groups excluding carboxylic acids is 1. The standard InChI is InChI=1S/C17H26FN3O3S.ClH/c1-25(23,24)21-16-9-8-13(18)12-15(16)17(22)20-11-10-19-14-6-4-2-3-5-7-14;/h8-9,12,14,19,21H,2-7,10-11H2,1H3,(H,20,22);1H. The summed E-state index contributed by atoms with van der Waals surface area (Å²) in [6.07, 6.45) is 8.31. The summed E-state index contributed by atoms with van der Waals surface area (Å²) in [5.41, 5.74) is 0.0398. The molecule has 1 fully saturated rings. The molecule has 1 amide bonds. The Labute approximate surface area is 160 Å². The molecular formula is C17H27ClFN3O3S. The topological polar surface area (TPSA) is 87.3 Å². The normalized spacial score (nSPS) is 15.6. The van der Waals surface area contributed by atoms with E-state index in [0.29, 0.717) is 19.1 Å². The first kappa shape index (κ1) is 22.7. The van der Waals surface area contributed by atoms with Crippen LogP contribution in [0, 0.1) is 5.82 Å². The van der Waals surface area contributed by atoms with Crippen LogP contribution in [0.3, 0.4) is 0 Å². The Kier molecular flexibility index (Phi) is 9.32. The third-order valence-electron chi connectivity index (χ3n) is 4.22. The molecule has 0 atom stereocenters. The van der Waals surface area contributed by atoms with Gasteiger partial charge in [-0.05, 0) is 31.0 Å². The van der Waals surface area contributed by atoms with E-state index < -0.39 is 21.7 Å². The lowest BCUT2D eigenvalue weighted by Crippen LogP contribution is -2.37. The van der Waals surface area contributed by atoms with Crippen molar-refractivity contribution in [1.29, 1.82) is 0 Å². The van der Waals surface area contributed by atoms with E-state index in [2.05, 4.69) is 15.4 Å². The van der Waals surface area contributed by atoms with E-state index in [1.165, 1.54) is 31.7 Å². The molecule has 1 aliphatic carbocycles. The van der Waals surface area contributed by atoms with E-state index in [1.54, 1.807) is 0 Å². The lowest BCUT2D eigenvalue weighted by Gasteiger charge is -2.16. The van der Waals surface area contributed by atoms with Gasteiger partial charge in [-0.3, -0.25) is 9.52 Å². The third-order valence-corrected chi connectivity index (χ3v) is 4.81. The van der Waals surface area contributed by atoms with Crippen molar-refractivity contribution in [2.75, 3.05) is 24.1 Å². The Bertz CT molecular complexity index is 692. The second-order valence-electron chi connectivity index (χ2n) is 6.46. The van der Waals surface area contributed by atoms with Crippen LogP contribution < -0.4 is 15.4 Å². The molecule has 0 saturated heterocycles. The summed E-state index contributed by atoms with van der Waals surface area (Å²) in [5, 5.41) is 6.14. The van der Waals surface area contributed by atoms with E-state index in [1.807, 2.05) is 0 Å². The van der Waals surface area contributed by atoms with Crippen molar-refractivity contribution < 1.29 is 17.6 Å². The molecule has 26 heavy (non-hydrogen) atoms. The smallest absolute Gasteiger partial charge is 0.253 e. The number of nitrogens with one attached hydrogen (secondary N) is 3. The molecule has 0 spiro atoms. The lowest BCUT2D eigenvalue weighted by atomic mass is 10.1. The number of amides is 1. The van der Waals surface area contributed by atoms with Gasteiger partial charge < -0.3 is 10.6 Å². The van der Waals surface area contributed by atoms with Crippen molar-refractivity contribution in [3.63, 3.8) is 0 Å². The van der Waals surface area contributed by atoms with Gasteiger partial charge in [0, 0.05) is 19.1 Å². The molecule has 0 bridgehead atoms. The second-order valence-corrected chi connectivity index (χ2v) is 8.21. The van der Waals surface area contributed by atoms with Crippen molar-refractivity contribution in [3.05, 3.63) is 29.6 Å². The van der Waals surface area contributed by atoms with Gasteiger partial charge in [0.05, 0.1) is 17.5 Å². The van der Waals surface area contributed by atoms with E-state index in [-0.39, 0.29) is 23.7 Å². The zero-order chi connectivity index (χ0) is 18.3. The molecule has 0 aromatic heterocycles. The molecule has 1 aromatic carbocycles. The highest BCUT2D eigenvalue weighted by molar-refractivity contribution is 7.92. The summed E-state index contributed by atoms with van der Waals surface area (Å²) in [6.45, 7) is 1.02. The SMILES string of the molecule is CS(=O)(=O)Nc1ccc(F)cc1C(=O)NCCNC1CCCCCC1.Cl. The van der Waals surface area contributed by atoms with Crippen LogP contribution >= 0.6 is 12.4 Å². The van der Waals surface area contributed by atoms with Crippen molar-refractivity contribution in [3.8, 4) is 0 Å². The molecule has 148 valence electrons. The van der Waals surface area contributed by atoms with Crippen molar-refractivity contribution in [1.82, 2.24) is 10.6 Å². The van der Waals surface area contributed by atoms with Gasteiger partial charge in [0.15, 0.2) is 0 Å². The van der Waals surface area contributed by atoms with Crippen molar-refractivity contribution in [2.24, 2.45) is 0 Å². The van der Waals surface area contributed by atoms with Gasteiger partial charge in [-0.2, -0.15) is 0 Å². The molecule has 0 heterocycles. The fourth-order valence-electron chi connectivity index (χ4n) is 3.02. The van der Waals surface area contributed by atoms with Gasteiger partial charge in [0.1, 0.15) is 5.82 Å². The van der Waals surface area contributed by atoms with Crippen LogP contribution in [-0.2, 0) is 10.0 Å². The van der Waals surface area contributed by atoms with Crippen LogP contribution in [0.4, 0.5) is 10.1 Å². The van der Waals surface area contributed by atoms with Crippen LogP contribution in [0.2, 0.25) is 0 Å². The van der Waals surface area contributed by atoms with Crippen molar-refractivity contribution >= 4 is 34.0 Å². The molecular weight excluding hydrogens is 381 g/mol. The number of carbonyl (C=O) groups is 1. The lowest BCUT2D eigenvalue weighted by molar-refractivity contribution is 0.0954. The van der Waals surface area contributed by atoms with Gasteiger partial charge in [-0.1, -0.05) is 25.7 Å². The summed E-state index contributed by atoms with van der Waals surface area (Å²) in [6, 6.07) is 3.87. The van der Waals surface area contributed by atoms with Gasteiger partial charge in [0.2, 0.25) is 10.0 Å². The number of anilines is 1. The van der Waals surface area contributed by atoms with Crippen LogP contribution in [0.1, 0.15) is 48.9 Å². The maximum Gasteiger partial charge on any atom is 0.253 e. The van der Waals surface area contributed by atoms with Crippen molar-refractivity contribution in [2.45, 2.75) is 44.6 Å². The molecule has 9 heteroatoms. The number of rotatable bonds is 7. The number of benzene rings is 1. The average molecular weight is 408 g/mol. The minimum Gasteiger partial charge on any atom is -0.351 e. The zero-order valence-electron chi connectivity index (χ0n) is 14.9. The average Bonchev–Trinajstić information content (AvgIpc) is 2.80. The summed E-state index contributed by atoms with van der Waals surface area (Å²) in [7, 11) is -3.55. The van der Waals surface area contributed by atoms with Crippen LogP contribution in [0.5, 0.6) is 0 Å². The first-order valence-electron chi connectivity index (χ1n) is 8.64. The second kappa shape index (κ2) is 10.7. The first-order valence-corrected chi connectivity index (χ1v) is 10.5. The van der Waals surface area contributed by atoms with E-state index in [0.717, 1.165) is 31.2 Å². The van der Waals surface area contributed by atoms with E-state index in [4.69, 9.17) is 0 Å². The highest BCUT2D eigenvalue weighted by Gasteiger charge is 2.16. The molecule has 0 unspecified atom stereocenters. The van der Waals surface area contributed by atoms with Gasteiger partial charge in [-0.25, -0.2) is 12.8 Å². The molecule has 0 radical (unpaired) electrons. The first-order chi connectivity index (χ1) is 11.8. The number of hydrogen-bond acceptors (Lipinski definition) is 4. The van der Waals surface area contributed by atoms with Crippen LogP contribution in [-0.4, -0.2) is 39.7 Å². The Morgan fingerprint density at radius 1 is 1.15 bits per heavy atom. The van der Waals surface area contributed by atoms with Gasteiger partial charge >= 0.3 is 0 Å². The van der Waals surface area contributed by atoms with Crippen LogP contribution in [0.15, 0.2) is 18.2 Å². The quantitative estimate of drug-likeness (QED) is 0.479. The largest absolute Gasteiger partial charge is 0.351 e. The molecule has 1 saturated carbocycles. The molecule has 3 N–H and O–H groups in total.